The maximum absolute atomic E-state index is 13.6. The number of Topliss-reactive ketones (excluding diaryl/α,β-unsaturated/α-hetero) is 1. The molecule has 0 saturated carbocycles. The molecule has 0 unspecified atom stereocenters. The summed E-state index contributed by atoms with van der Waals surface area (Å²) in [4.78, 5) is 39.7. The number of ketones is 1. The number of rotatable bonds is 12. The Hall–Kier alpha value is -3.40. The van der Waals surface area contributed by atoms with Gasteiger partial charge in [-0.2, -0.15) is 0 Å². The Morgan fingerprint density at radius 3 is 2.31 bits per heavy atom. The number of amides is 2. The largest absolute Gasteiger partial charge is 0.497 e. The van der Waals surface area contributed by atoms with Crippen LogP contribution in [0, 0.1) is 0 Å². The fourth-order valence-electron chi connectivity index (χ4n) is 3.51. The van der Waals surface area contributed by atoms with Gasteiger partial charge in [0.25, 0.3) is 0 Å². The van der Waals surface area contributed by atoms with Crippen molar-refractivity contribution in [3.05, 3.63) is 59.7 Å². The molecular formula is C26H35N3O6S. The molecule has 0 radical (unpaired) electrons. The Labute approximate surface area is 213 Å². The predicted octanol–water partition coefficient (Wildman–Crippen LogP) is 3.00. The lowest BCUT2D eigenvalue weighted by atomic mass is 10.1. The molecule has 0 aliphatic carbocycles. The lowest BCUT2D eigenvalue weighted by Gasteiger charge is -2.32. The van der Waals surface area contributed by atoms with Crippen LogP contribution in [0.4, 0.5) is 5.69 Å². The minimum absolute atomic E-state index is 0.0657. The minimum Gasteiger partial charge on any atom is -0.497 e. The van der Waals surface area contributed by atoms with Crippen LogP contribution in [-0.2, 0) is 26.2 Å². The molecule has 2 atom stereocenters. The number of methoxy groups -OCH3 is 1. The highest BCUT2D eigenvalue weighted by atomic mass is 32.2. The van der Waals surface area contributed by atoms with Crippen LogP contribution in [0.5, 0.6) is 5.75 Å². The molecule has 0 fully saturated rings. The second-order valence-corrected chi connectivity index (χ2v) is 10.6. The SMILES string of the molecule is CC[C@@H](C)NC(=O)[C@H](C)N(Cc1cccc(OC)c1)C(=O)CN(c1cccc(C(C)=O)c1)S(C)(=O)=O. The van der Waals surface area contributed by atoms with Crippen molar-refractivity contribution in [1.29, 1.82) is 0 Å². The fourth-order valence-corrected chi connectivity index (χ4v) is 4.35. The quantitative estimate of drug-likeness (QED) is 0.433. The van der Waals surface area contributed by atoms with Gasteiger partial charge in [-0.15, -0.1) is 0 Å². The molecule has 36 heavy (non-hydrogen) atoms. The minimum atomic E-state index is -3.89. The van der Waals surface area contributed by atoms with Crippen LogP contribution >= 0.6 is 0 Å². The Bertz CT molecular complexity index is 1200. The third-order valence-electron chi connectivity index (χ3n) is 5.88. The second kappa shape index (κ2) is 12.5. The number of benzene rings is 2. The highest BCUT2D eigenvalue weighted by Gasteiger charge is 2.30. The van der Waals surface area contributed by atoms with Gasteiger partial charge in [0.1, 0.15) is 18.3 Å². The first-order valence-corrected chi connectivity index (χ1v) is 13.5. The first kappa shape index (κ1) is 28.8. The molecule has 196 valence electrons. The van der Waals surface area contributed by atoms with Crippen LogP contribution in [-0.4, -0.2) is 62.9 Å². The average Bonchev–Trinajstić information content (AvgIpc) is 2.84. The number of anilines is 1. The number of ether oxygens (including phenoxy) is 1. The van der Waals surface area contributed by atoms with Crippen LogP contribution in [0.1, 0.15) is 50.0 Å². The zero-order chi connectivity index (χ0) is 27.0. The molecule has 0 aliphatic rings. The number of carbonyl (C=O) groups excluding carboxylic acids is 3. The lowest BCUT2D eigenvalue weighted by molar-refractivity contribution is -0.139. The molecule has 0 spiro atoms. The third kappa shape index (κ3) is 7.81. The highest BCUT2D eigenvalue weighted by molar-refractivity contribution is 7.92. The van der Waals surface area contributed by atoms with Gasteiger partial charge in [-0.3, -0.25) is 18.7 Å². The summed E-state index contributed by atoms with van der Waals surface area (Å²) in [5.41, 5.74) is 1.23. The van der Waals surface area contributed by atoms with E-state index in [1.807, 2.05) is 13.8 Å². The van der Waals surface area contributed by atoms with Crippen LogP contribution < -0.4 is 14.4 Å². The third-order valence-corrected chi connectivity index (χ3v) is 7.02. The van der Waals surface area contributed by atoms with Gasteiger partial charge in [-0.25, -0.2) is 8.42 Å². The average molecular weight is 518 g/mol. The van der Waals surface area contributed by atoms with Crippen LogP contribution in [0.25, 0.3) is 0 Å². The van der Waals surface area contributed by atoms with E-state index in [1.165, 1.54) is 31.1 Å². The van der Waals surface area contributed by atoms with Gasteiger partial charge in [0.05, 0.1) is 19.1 Å². The Kier molecular flexibility index (Phi) is 10.0. The van der Waals surface area contributed by atoms with E-state index in [4.69, 9.17) is 4.74 Å². The summed E-state index contributed by atoms with van der Waals surface area (Å²) in [5, 5.41) is 2.88. The van der Waals surface area contributed by atoms with E-state index < -0.39 is 28.5 Å². The maximum Gasteiger partial charge on any atom is 0.244 e. The van der Waals surface area contributed by atoms with Gasteiger partial charge in [-0.1, -0.05) is 31.2 Å². The van der Waals surface area contributed by atoms with Crippen LogP contribution in [0.15, 0.2) is 48.5 Å². The summed E-state index contributed by atoms with van der Waals surface area (Å²) in [6, 6.07) is 12.2. The van der Waals surface area contributed by atoms with Gasteiger partial charge >= 0.3 is 0 Å². The Balaban J connectivity index is 2.44. The fraction of sp³-hybridized carbons (Fsp3) is 0.423. The predicted molar refractivity (Wildman–Crippen MR) is 140 cm³/mol. The lowest BCUT2D eigenvalue weighted by Crippen LogP contribution is -2.52. The summed E-state index contributed by atoms with van der Waals surface area (Å²) in [6.45, 7) is 6.32. The summed E-state index contributed by atoms with van der Waals surface area (Å²) in [5.74, 6) is -0.546. The van der Waals surface area contributed by atoms with E-state index in [0.717, 1.165) is 22.5 Å². The molecule has 2 aromatic carbocycles. The monoisotopic (exact) mass is 517 g/mol. The summed E-state index contributed by atoms with van der Waals surface area (Å²) in [6.07, 6.45) is 1.71. The van der Waals surface area contributed by atoms with Gasteiger partial charge in [0.2, 0.25) is 21.8 Å². The standard InChI is InChI=1S/C26H35N3O6S/c1-7-18(2)27-26(32)19(3)28(16-21-10-8-13-24(14-21)35-5)25(31)17-29(36(6,33)34)23-12-9-11-22(15-23)20(4)30/h8-15,18-19H,7,16-17H2,1-6H3,(H,27,32)/t18-,19+/m1/s1. The summed E-state index contributed by atoms with van der Waals surface area (Å²) >= 11 is 0. The van der Waals surface area contributed by atoms with Gasteiger partial charge in [0.15, 0.2) is 5.78 Å². The zero-order valence-corrected chi connectivity index (χ0v) is 22.5. The van der Waals surface area contributed by atoms with Crippen molar-refractivity contribution in [2.75, 3.05) is 24.2 Å². The van der Waals surface area contributed by atoms with E-state index in [1.54, 1.807) is 43.3 Å². The van der Waals surface area contributed by atoms with E-state index >= 15 is 0 Å². The van der Waals surface area contributed by atoms with Crippen molar-refractivity contribution in [2.24, 2.45) is 0 Å². The number of nitrogens with zero attached hydrogens (tertiary/aromatic N) is 2. The number of nitrogens with one attached hydrogen (secondary N) is 1. The van der Waals surface area contributed by atoms with Gasteiger partial charge < -0.3 is 15.0 Å². The van der Waals surface area contributed by atoms with E-state index in [0.29, 0.717) is 11.3 Å². The molecule has 1 N–H and O–H groups in total. The van der Waals surface area contributed by atoms with Crippen LogP contribution in [0.3, 0.4) is 0 Å². The number of hydrogen-bond donors (Lipinski definition) is 1. The van der Waals surface area contributed by atoms with E-state index in [-0.39, 0.29) is 30.0 Å². The molecule has 0 heterocycles. The summed E-state index contributed by atoms with van der Waals surface area (Å²) < 4.78 is 31.6. The molecule has 10 heteroatoms. The van der Waals surface area contributed by atoms with Gasteiger partial charge in [0, 0.05) is 18.2 Å². The molecule has 2 aromatic rings. The zero-order valence-electron chi connectivity index (χ0n) is 21.6. The number of carbonyl (C=O) groups is 3. The molecule has 0 aliphatic heterocycles. The number of sulfonamides is 1. The molecule has 0 saturated heterocycles. The van der Waals surface area contributed by atoms with E-state index in [2.05, 4.69) is 5.32 Å². The van der Waals surface area contributed by atoms with Crippen molar-refractivity contribution in [3.8, 4) is 5.75 Å². The maximum atomic E-state index is 13.6. The molecule has 0 bridgehead atoms. The molecular weight excluding hydrogens is 482 g/mol. The van der Waals surface area contributed by atoms with E-state index in [9.17, 15) is 22.8 Å². The molecule has 2 rings (SSSR count). The van der Waals surface area contributed by atoms with Crippen molar-refractivity contribution in [3.63, 3.8) is 0 Å². The van der Waals surface area contributed by atoms with Gasteiger partial charge in [-0.05, 0) is 57.0 Å². The first-order chi connectivity index (χ1) is 16.9. The molecule has 9 nitrogen and oxygen atoms in total. The topological polar surface area (TPSA) is 113 Å². The van der Waals surface area contributed by atoms with Crippen molar-refractivity contribution < 1.29 is 27.5 Å². The summed E-state index contributed by atoms with van der Waals surface area (Å²) in [7, 11) is -2.36. The smallest absolute Gasteiger partial charge is 0.244 e. The van der Waals surface area contributed by atoms with Crippen molar-refractivity contribution in [1.82, 2.24) is 10.2 Å². The first-order valence-electron chi connectivity index (χ1n) is 11.7. The molecule has 2 amide bonds. The van der Waals surface area contributed by atoms with Crippen molar-refractivity contribution in [2.45, 2.75) is 52.7 Å². The second-order valence-electron chi connectivity index (χ2n) is 8.74. The highest BCUT2D eigenvalue weighted by Crippen LogP contribution is 2.21. The Morgan fingerprint density at radius 1 is 1.06 bits per heavy atom. The van der Waals surface area contributed by atoms with Crippen molar-refractivity contribution >= 4 is 33.3 Å². The Morgan fingerprint density at radius 2 is 1.72 bits per heavy atom. The number of hydrogen-bond acceptors (Lipinski definition) is 6. The normalized spacial score (nSPS) is 12.8. The van der Waals surface area contributed by atoms with Crippen LogP contribution in [0.2, 0.25) is 0 Å². The molecule has 0 aromatic heterocycles.